The van der Waals surface area contributed by atoms with Crippen LogP contribution in [0.15, 0.2) is 21.5 Å². The normalized spacial score (nSPS) is 16.0. The van der Waals surface area contributed by atoms with Crippen LogP contribution in [0.1, 0.15) is 55.3 Å². The maximum atomic E-state index is 11.5. The molecule has 0 spiro atoms. The molecule has 1 aromatic rings. The summed E-state index contributed by atoms with van der Waals surface area (Å²) in [5.41, 5.74) is 5.87. The van der Waals surface area contributed by atoms with Crippen LogP contribution in [0.25, 0.3) is 0 Å². The lowest BCUT2D eigenvalue weighted by atomic mass is 9.96. The zero-order valence-corrected chi connectivity index (χ0v) is 15.2. The van der Waals surface area contributed by atoms with Crippen molar-refractivity contribution >= 4 is 35.9 Å². The fraction of sp³-hybridized carbons (Fsp3) is 0.600. The largest absolute Gasteiger partial charge is 0.460 e. The average molecular weight is 421 g/mol. The van der Waals surface area contributed by atoms with Crippen LogP contribution in [-0.4, -0.2) is 24.6 Å². The van der Waals surface area contributed by atoms with Gasteiger partial charge in [0, 0.05) is 6.04 Å². The standard InChI is InChI=1S/C15H23N3O3.HI/c1-2-20-14(19)13-9-8-12(21-13)10-17-15(16)18-11-6-4-3-5-7-11;/h8-9,11H,2-7,10H2,1H3,(H3,16,17,18);1H. The van der Waals surface area contributed by atoms with E-state index in [4.69, 9.17) is 14.9 Å². The van der Waals surface area contributed by atoms with Crippen molar-refractivity contribution in [1.82, 2.24) is 5.32 Å². The Morgan fingerprint density at radius 2 is 2.14 bits per heavy atom. The van der Waals surface area contributed by atoms with Crippen molar-refractivity contribution < 1.29 is 13.9 Å². The minimum absolute atomic E-state index is 0. The zero-order chi connectivity index (χ0) is 15.1. The molecule has 0 radical (unpaired) electrons. The summed E-state index contributed by atoms with van der Waals surface area (Å²) in [6.45, 7) is 2.39. The van der Waals surface area contributed by atoms with Crippen molar-refractivity contribution in [3.8, 4) is 0 Å². The molecular formula is C15H24IN3O3. The summed E-state index contributed by atoms with van der Waals surface area (Å²) in [6, 6.07) is 3.73. The van der Waals surface area contributed by atoms with Gasteiger partial charge in [-0.1, -0.05) is 19.3 Å². The van der Waals surface area contributed by atoms with Crippen molar-refractivity contribution in [2.45, 2.75) is 51.6 Å². The van der Waals surface area contributed by atoms with E-state index in [1.165, 1.54) is 19.3 Å². The van der Waals surface area contributed by atoms with Gasteiger partial charge in [0.1, 0.15) is 12.3 Å². The number of hydrogen-bond donors (Lipinski definition) is 2. The highest BCUT2D eigenvalue weighted by atomic mass is 127. The van der Waals surface area contributed by atoms with Crippen LogP contribution in [0.4, 0.5) is 0 Å². The van der Waals surface area contributed by atoms with Crippen LogP contribution in [0.5, 0.6) is 0 Å². The summed E-state index contributed by atoms with van der Waals surface area (Å²) in [5, 5.41) is 3.23. The molecule has 0 aliphatic heterocycles. The molecule has 0 aromatic carbocycles. The number of carbonyl (C=O) groups excluding carboxylic acids is 1. The number of halogens is 1. The van der Waals surface area contributed by atoms with Crippen LogP contribution in [0, 0.1) is 0 Å². The summed E-state index contributed by atoms with van der Waals surface area (Å²) >= 11 is 0. The van der Waals surface area contributed by atoms with E-state index < -0.39 is 5.97 Å². The molecule has 2 rings (SSSR count). The molecule has 22 heavy (non-hydrogen) atoms. The van der Waals surface area contributed by atoms with Gasteiger partial charge in [-0.05, 0) is 31.9 Å². The smallest absolute Gasteiger partial charge is 0.374 e. The first kappa shape index (κ1) is 18.8. The monoisotopic (exact) mass is 421 g/mol. The Bertz CT molecular complexity index is 496. The van der Waals surface area contributed by atoms with Crippen LogP contribution in [-0.2, 0) is 11.3 Å². The topological polar surface area (TPSA) is 89.8 Å². The van der Waals surface area contributed by atoms with Gasteiger partial charge in [-0.15, -0.1) is 24.0 Å². The summed E-state index contributed by atoms with van der Waals surface area (Å²) in [6.07, 6.45) is 6.07. The van der Waals surface area contributed by atoms with Gasteiger partial charge in [0.15, 0.2) is 5.96 Å². The highest BCUT2D eigenvalue weighted by Crippen LogP contribution is 2.17. The minimum atomic E-state index is -0.457. The summed E-state index contributed by atoms with van der Waals surface area (Å²) in [7, 11) is 0. The second-order valence-electron chi connectivity index (χ2n) is 5.17. The molecule has 0 amide bonds. The lowest BCUT2D eigenvalue weighted by Crippen LogP contribution is -2.41. The number of nitrogens with two attached hydrogens (primary N) is 1. The number of esters is 1. The van der Waals surface area contributed by atoms with Gasteiger partial charge in [0.2, 0.25) is 5.76 Å². The number of carbonyl (C=O) groups is 1. The molecule has 1 aliphatic rings. The summed E-state index contributed by atoms with van der Waals surface area (Å²) < 4.78 is 10.2. The second kappa shape index (κ2) is 9.70. The van der Waals surface area contributed by atoms with Crippen LogP contribution < -0.4 is 11.1 Å². The number of ether oxygens (including phenoxy) is 1. The van der Waals surface area contributed by atoms with E-state index >= 15 is 0 Å². The Labute approximate surface area is 147 Å². The molecule has 7 heteroatoms. The third kappa shape index (κ3) is 5.86. The number of hydrogen-bond acceptors (Lipinski definition) is 4. The fourth-order valence-corrected chi connectivity index (χ4v) is 2.44. The molecule has 1 aliphatic carbocycles. The molecule has 3 N–H and O–H groups in total. The van der Waals surface area contributed by atoms with Crippen molar-refractivity contribution in [1.29, 1.82) is 0 Å². The van der Waals surface area contributed by atoms with E-state index in [-0.39, 0.29) is 29.7 Å². The number of nitrogens with zero attached hydrogens (tertiary/aromatic N) is 1. The molecule has 1 saturated carbocycles. The molecular weight excluding hydrogens is 397 g/mol. The highest BCUT2D eigenvalue weighted by Gasteiger charge is 2.14. The fourth-order valence-electron chi connectivity index (χ4n) is 2.44. The Morgan fingerprint density at radius 3 is 2.82 bits per heavy atom. The van der Waals surface area contributed by atoms with Gasteiger partial charge in [-0.2, -0.15) is 0 Å². The van der Waals surface area contributed by atoms with Gasteiger partial charge in [-0.3, -0.25) is 0 Å². The third-order valence-electron chi connectivity index (χ3n) is 3.50. The zero-order valence-electron chi connectivity index (χ0n) is 12.8. The maximum Gasteiger partial charge on any atom is 0.374 e. The molecule has 6 nitrogen and oxygen atoms in total. The third-order valence-corrected chi connectivity index (χ3v) is 3.50. The van der Waals surface area contributed by atoms with E-state index in [1.54, 1.807) is 19.1 Å². The molecule has 0 bridgehead atoms. The minimum Gasteiger partial charge on any atom is -0.460 e. The van der Waals surface area contributed by atoms with Gasteiger partial charge in [0.05, 0.1) is 6.61 Å². The van der Waals surface area contributed by atoms with Crippen molar-refractivity contribution in [3.63, 3.8) is 0 Å². The Balaban J connectivity index is 0.00000242. The number of nitrogens with one attached hydrogen (secondary N) is 1. The molecule has 1 aromatic heterocycles. The average Bonchev–Trinajstić information content (AvgIpc) is 2.95. The number of aliphatic imine (C=N–C) groups is 1. The van der Waals surface area contributed by atoms with Gasteiger partial charge < -0.3 is 20.2 Å². The molecule has 0 unspecified atom stereocenters. The molecule has 1 heterocycles. The first-order chi connectivity index (χ1) is 10.2. The molecule has 124 valence electrons. The quantitative estimate of drug-likeness (QED) is 0.330. The van der Waals surface area contributed by atoms with E-state index in [9.17, 15) is 4.79 Å². The summed E-state index contributed by atoms with van der Waals surface area (Å²) in [5.74, 6) is 0.754. The van der Waals surface area contributed by atoms with Crippen molar-refractivity contribution in [2.75, 3.05) is 6.61 Å². The number of rotatable bonds is 5. The van der Waals surface area contributed by atoms with Crippen LogP contribution in [0.3, 0.4) is 0 Å². The van der Waals surface area contributed by atoms with E-state index in [2.05, 4.69) is 10.3 Å². The molecule has 0 atom stereocenters. The lowest BCUT2D eigenvalue weighted by Gasteiger charge is -2.23. The van der Waals surface area contributed by atoms with E-state index in [1.807, 2.05) is 0 Å². The highest BCUT2D eigenvalue weighted by molar-refractivity contribution is 14.0. The predicted octanol–water partition coefficient (Wildman–Crippen LogP) is 2.81. The Hall–Kier alpha value is -1.25. The van der Waals surface area contributed by atoms with E-state index in [0.717, 1.165) is 12.8 Å². The van der Waals surface area contributed by atoms with Crippen LogP contribution in [0.2, 0.25) is 0 Å². The first-order valence-corrected chi connectivity index (χ1v) is 7.51. The Morgan fingerprint density at radius 1 is 1.41 bits per heavy atom. The maximum absolute atomic E-state index is 11.5. The van der Waals surface area contributed by atoms with E-state index in [0.29, 0.717) is 30.9 Å². The summed E-state index contributed by atoms with van der Waals surface area (Å²) in [4.78, 5) is 15.7. The van der Waals surface area contributed by atoms with Gasteiger partial charge >= 0.3 is 5.97 Å². The molecule has 0 saturated heterocycles. The Kier molecular flexibility index (Phi) is 8.29. The van der Waals surface area contributed by atoms with Gasteiger partial charge in [0.25, 0.3) is 0 Å². The lowest BCUT2D eigenvalue weighted by molar-refractivity contribution is 0.0488. The SMILES string of the molecule is CCOC(=O)c1ccc(CN=C(N)NC2CCCCC2)o1.I. The van der Waals surface area contributed by atoms with Crippen LogP contribution >= 0.6 is 24.0 Å². The molecule has 1 fully saturated rings. The first-order valence-electron chi connectivity index (χ1n) is 7.51. The predicted molar refractivity (Wildman–Crippen MR) is 95.4 cm³/mol. The van der Waals surface area contributed by atoms with Crippen molar-refractivity contribution in [2.24, 2.45) is 10.7 Å². The second-order valence-corrected chi connectivity index (χ2v) is 5.17. The number of guanidine groups is 1. The van der Waals surface area contributed by atoms with Gasteiger partial charge in [-0.25, -0.2) is 9.79 Å². The number of furan rings is 1. The van der Waals surface area contributed by atoms with Crippen molar-refractivity contribution in [3.05, 3.63) is 23.7 Å².